The Morgan fingerprint density at radius 3 is 0.744 bits per heavy atom. The zero-order valence-corrected chi connectivity index (χ0v) is 24.8. The summed E-state index contributed by atoms with van der Waals surface area (Å²) in [5, 5.41) is 0. The molecule has 0 saturated carbocycles. The van der Waals surface area contributed by atoms with Crippen LogP contribution in [0, 0.1) is 10.2 Å². The Bertz CT molecular complexity index is 940. The zero-order valence-electron chi connectivity index (χ0n) is 24.0. The summed E-state index contributed by atoms with van der Waals surface area (Å²) in [5.41, 5.74) is 7.30. The van der Waals surface area contributed by atoms with Crippen LogP contribution in [0.1, 0.15) is 41.5 Å². The van der Waals surface area contributed by atoms with Crippen LogP contribution >= 0.6 is 0 Å². The molecule has 0 unspecified atom stereocenters. The van der Waals surface area contributed by atoms with Crippen LogP contribution in [0.5, 0.6) is 0 Å². The lowest BCUT2D eigenvalue weighted by Crippen LogP contribution is -2.58. The first kappa shape index (κ1) is 32.2. The SMILES string of the molecule is CCN(CC)c1ccc(N(c2ccc(N(CC)CC)cc2)c2ccc(N(CC)CC)cc2)cc1.[O-][Cl+3]([O-])([O-])O. The molecular formula is C30H43ClN4O4. The molecule has 0 spiro atoms. The second kappa shape index (κ2) is 15.5. The van der Waals surface area contributed by atoms with Crippen molar-refractivity contribution in [1.29, 1.82) is 0 Å². The van der Waals surface area contributed by atoms with Crippen LogP contribution < -0.4 is 33.6 Å². The predicted molar refractivity (Wildman–Crippen MR) is 154 cm³/mol. The fourth-order valence-electron chi connectivity index (χ4n) is 4.65. The topological polar surface area (TPSA) is 102 Å². The van der Waals surface area contributed by atoms with Gasteiger partial charge in [0.1, 0.15) is 0 Å². The summed E-state index contributed by atoms with van der Waals surface area (Å²) in [4.78, 5) is 9.49. The number of hydrogen-bond donors (Lipinski definition) is 1. The van der Waals surface area contributed by atoms with Crippen LogP contribution in [-0.2, 0) is 0 Å². The van der Waals surface area contributed by atoms with E-state index in [1.54, 1.807) is 0 Å². The van der Waals surface area contributed by atoms with Gasteiger partial charge in [-0.25, -0.2) is 0 Å². The van der Waals surface area contributed by atoms with Crippen LogP contribution in [0.4, 0.5) is 34.1 Å². The summed E-state index contributed by atoms with van der Waals surface area (Å²) in [6, 6.07) is 26.9. The summed E-state index contributed by atoms with van der Waals surface area (Å²) in [6.45, 7) is 19.3. The zero-order chi connectivity index (χ0) is 29.0. The highest BCUT2D eigenvalue weighted by Gasteiger charge is 2.15. The normalized spacial score (nSPS) is 10.9. The van der Waals surface area contributed by atoms with E-state index in [0.29, 0.717) is 0 Å². The molecule has 0 aliphatic rings. The molecule has 39 heavy (non-hydrogen) atoms. The Balaban J connectivity index is 0.000000976. The number of halogens is 1. The maximum absolute atomic E-state index is 8.60. The number of rotatable bonds is 12. The van der Waals surface area contributed by atoms with Gasteiger partial charge in [-0.3, -0.25) is 0 Å². The standard InChI is InChI=1S/C30H42N4.ClHO4/c1-7-31(8-2)25-13-19-28(20-14-25)34(29-21-15-26(16-22-29)32(9-3)10-4)30-23-17-27(18-24-30)33(11-5)12-6;2-1(3,4)5/h13-24H,7-12H2,1-6H3;(H,2,3,4,5). The second-order valence-electron chi connectivity index (χ2n) is 8.80. The number of hydrogen-bond acceptors (Lipinski definition) is 8. The molecule has 0 aliphatic carbocycles. The average molecular weight is 559 g/mol. The third kappa shape index (κ3) is 9.60. The minimum atomic E-state index is -4.69. The predicted octanol–water partition coefficient (Wildman–Crippen LogP) is 3.57. The Labute approximate surface area is 236 Å². The van der Waals surface area contributed by atoms with Gasteiger partial charge in [0.05, 0.1) is 14.9 Å². The van der Waals surface area contributed by atoms with E-state index < -0.39 is 10.2 Å². The molecule has 8 nitrogen and oxygen atoms in total. The third-order valence-electron chi connectivity index (χ3n) is 6.71. The second-order valence-corrected chi connectivity index (χ2v) is 9.59. The molecule has 0 fully saturated rings. The maximum atomic E-state index is 8.60. The average Bonchev–Trinajstić information content (AvgIpc) is 2.92. The molecule has 3 aromatic rings. The highest BCUT2D eigenvalue weighted by atomic mass is 35.7. The van der Waals surface area contributed by atoms with Crippen molar-refractivity contribution < 1.29 is 28.9 Å². The number of benzene rings is 3. The fourth-order valence-corrected chi connectivity index (χ4v) is 4.65. The van der Waals surface area contributed by atoms with Gasteiger partial charge in [0.25, 0.3) is 0 Å². The summed E-state index contributed by atoms with van der Waals surface area (Å²) in [5.74, 6) is 0. The molecule has 0 radical (unpaired) electrons. The van der Waals surface area contributed by atoms with Crippen molar-refractivity contribution in [2.45, 2.75) is 41.5 Å². The van der Waals surface area contributed by atoms with E-state index in [4.69, 9.17) is 18.6 Å². The summed E-state index contributed by atoms with van der Waals surface area (Å²) in [6.07, 6.45) is 0. The van der Waals surface area contributed by atoms with Crippen molar-refractivity contribution in [2.75, 3.05) is 58.9 Å². The first-order valence-corrected chi connectivity index (χ1v) is 14.8. The van der Waals surface area contributed by atoms with Crippen molar-refractivity contribution in [3.63, 3.8) is 0 Å². The van der Waals surface area contributed by atoms with E-state index in [1.165, 1.54) is 34.1 Å². The van der Waals surface area contributed by atoms with Gasteiger partial charge in [-0.05, 0) is 114 Å². The van der Waals surface area contributed by atoms with Crippen LogP contribution in [-0.4, -0.2) is 43.9 Å². The molecule has 3 aromatic carbocycles. The molecule has 0 heterocycles. The number of nitrogens with zero attached hydrogens (tertiary/aromatic N) is 4. The molecular weight excluding hydrogens is 516 g/mol. The Morgan fingerprint density at radius 2 is 0.590 bits per heavy atom. The molecule has 0 aromatic heterocycles. The minimum absolute atomic E-state index is 1.01. The van der Waals surface area contributed by atoms with Gasteiger partial charge >= 0.3 is 0 Å². The largest absolute Gasteiger partial charge is 0.372 e. The molecule has 1 N–H and O–H groups in total. The van der Waals surface area contributed by atoms with Gasteiger partial charge in [-0.15, -0.1) is 0 Å². The Morgan fingerprint density at radius 1 is 0.436 bits per heavy atom. The third-order valence-corrected chi connectivity index (χ3v) is 6.71. The highest BCUT2D eigenvalue weighted by Crippen LogP contribution is 2.37. The van der Waals surface area contributed by atoms with E-state index in [1.807, 2.05) is 0 Å². The van der Waals surface area contributed by atoms with E-state index in [9.17, 15) is 0 Å². The molecule has 0 bridgehead atoms. The van der Waals surface area contributed by atoms with Gasteiger partial charge in [0.15, 0.2) is 0 Å². The van der Waals surface area contributed by atoms with Gasteiger partial charge < -0.3 is 19.6 Å². The van der Waals surface area contributed by atoms with E-state index in [0.717, 1.165) is 39.3 Å². The van der Waals surface area contributed by atoms with Crippen molar-refractivity contribution >= 4 is 34.1 Å². The van der Waals surface area contributed by atoms with E-state index >= 15 is 0 Å². The molecule has 0 aliphatic heterocycles. The summed E-state index contributed by atoms with van der Waals surface area (Å²) < 4.78 is 32.7. The summed E-state index contributed by atoms with van der Waals surface area (Å²) in [7, 11) is -4.69. The van der Waals surface area contributed by atoms with Crippen molar-refractivity contribution in [2.24, 2.45) is 0 Å². The first-order valence-electron chi connectivity index (χ1n) is 13.6. The fraction of sp³-hybridized carbons (Fsp3) is 0.400. The number of anilines is 6. The van der Waals surface area contributed by atoms with Crippen molar-refractivity contribution in [1.82, 2.24) is 0 Å². The van der Waals surface area contributed by atoms with E-state index in [-0.39, 0.29) is 0 Å². The van der Waals surface area contributed by atoms with Crippen LogP contribution in [0.15, 0.2) is 72.8 Å². The molecule has 9 heteroatoms. The van der Waals surface area contributed by atoms with Gasteiger partial charge in [0.2, 0.25) is 0 Å². The molecule has 3 rings (SSSR count). The van der Waals surface area contributed by atoms with Gasteiger partial charge in [-0.2, -0.15) is 14.0 Å². The van der Waals surface area contributed by atoms with Gasteiger partial charge in [0, 0.05) is 73.4 Å². The quantitative estimate of drug-likeness (QED) is 0.360. The highest BCUT2D eigenvalue weighted by molar-refractivity contribution is 5.79. The first-order chi connectivity index (χ1) is 18.6. The Kier molecular flexibility index (Phi) is 12.8. The lowest BCUT2D eigenvalue weighted by Gasteiger charge is -2.29. The van der Waals surface area contributed by atoms with E-state index in [2.05, 4.69) is 134 Å². The molecule has 214 valence electrons. The molecule has 0 saturated heterocycles. The van der Waals surface area contributed by atoms with Crippen molar-refractivity contribution in [3.8, 4) is 0 Å². The Hall–Kier alpha value is -3.01. The minimum Gasteiger partial charge on any atom is -0.372 e. The lowest BCUT2D eigenvalue weighted by molar-refractivity contribution is -1.92. The van der Waals surface area contributed by atoms with Crippen molar-refractivity contribution in [3.05, 3.63) is 72.8 Å². The van der Waals surface area contributed by atoms with Crippen LogP contribution in [0.3, 0.4) is 0 Å². The van der Waals surface area contributed by atoms with Gasteiger partial charge in [-0.1, -0.05) is 0 Å². The summed E-state index contributed by atoms with van der Waals surface area (Å²) >= 11 is 0. The maximum Gasteiger partial charge on any atom is 0.0777 e. The smallest absolute Gasteiger partial charge is 0.0777 e. The molecule has 0 amide bonds. The van der Waals surface area contributed by atoms with Crippen LogP contribution in [0.2, 0.25) is 0 Å². The lowest BCUT2D eigenvalue weighted by atomic mass is 10.1. The monoisotopic (exact) mass is 558 g/mol. The molecule has 0 atom stereocenters. The van der Waals surface area contributed by atoms with Crippen LogP contribution in [0.25, 0.3) is 0 Å².